The quantitative estimate of drug-likeness (QED) is 0.588. The van der Waals surface area contributed by atoms with Crippen molar-refractivity contribution in [3.05, 3.63) is 24.3 Å². The molecule has 0 unspecified atom stereocenters. The predicted molar refractivity (Wildman–Crippen MR) is 118 cm³/mol. The van der Waals surface area contributed by atoms with Crippen LogP contribution in [0.25, 0.3) is 11.4 Å². The van der Waals surface area contributed by atoms with E-state index in [1.165, 1.54) is 0 Å². The normalized spacial score (nSPS) is 27.4. The van der Waals surface area contributed by atoms with E-state index in [0.29, 0.717) is 24.8 Å². The third-order valence-electron chi connectivity index (χ3n) is 7.23. The van der Waals surface area contributed by atoms with E-state index in [0.717, 1.165) is 31.2 Å². The molecule has 2 saturated heterocycles. The average Bonchev–Trinajstić information content (AvgIpc) is 3.59. The van der Waals surface area contributed by atoms with E-state index in [2.05, 4.69) is 20.8 Å². The number of hydrogen-bond acceptors (Lipinski definition) is 8. The minimum absolute atomic E-state index is 0.0264. The number of benzene rings is 1. The molecule has 1 aliphatic carbocycles. The Labute approximate surface area is 196 Å². The second-order valence-electron chi connectivity index (χ2n) is 9.47. The number of carbonyl (C=O) groups is 2. The number of fused-ring (bicyclic) bond motifs is 1. The third-order valence-corrected chi connectivity index (χ3v) is 7.23. The van der Waals surface area contributed by atoms with Crippen LogP contribution < -0.4 is 10.1 Å². The second kappa shape index (κ2) is 9.30. The van der Waals surface area contributed by atoms with Crippen LogP contribution in [0.3, 0.4) is 0 Å². The molecule has 182 valence electrons. The number of nitrogens with one attached hydrogen (secondary N) is 1. The van der Waals surface area contributed by atoms with Crippen molar-refractivity contribution in [3.8, 4) is 17.1 Å². The van der Waals surface area contributed by atoms with Gasteiger partial charge in [0.1, 0.15) is 24.0 Å². The summed E-state index contributed by atoms with van der Waals surface area (Å²) in [5.74, 6) is 0.287. The third kappa shape index (κ3) is 4.37. The maximum atomic E-state index is 12.9. The number of aliphatic carboxylic acids is 1. The zero-order valence-electron chi connectivity index (χ0n) is 19.1. The van der Waals surface area contributed by atoms with E-state index in [-0.39, 0.29) is 43.0 Å². The van der Waals surface area contributed by atoms with Gasteiger partial charge in [-0.05, 0) is 40.8 Å². The molecule has 11 nitrogen and oxygen atoms in total. The molecule has 3 heterocycles. The molecule has 1 aromatic carbocycles. The Morgan fingerprint density at radius 1 is 1.21 bits per heavy atom. The number of carbonyl (C=O) groups excluding carboxylic acids is 1. The van der Waals surface area contributed by atoms with Gasteiger partial charge in [-0.2, -0.15) is 0 Å². The Balaban J connectivity index is 1.26. The summed E-state index contributed by atoms with van der Waals surface area (Å²) < 4.78 is 19.1. The molecule has 0 radical (unpaired) electrons. The Hall–Kier alpha value is -3.05. The lowest BCUT2D eigenvalue weighted by molar-refractivity contribution is -0.140. The maximum absolute atomic E-state index is 12.9. The predicted octanol–water partition coefficient (Wildman–Crippen LogP) is 1.60. The van der Waals surface area contributed by atoms with Crippen LogP contribution in [0.5, 0.6) is 5.75 Å². The molecule has 0 bridgehead atoms. The monoisotopic (exact) mass is 471 g/mol. The molecule has 2 aromatic rings. The van der Waals surface area contributed by atoms with Crippen LogP contribution in [0, 0.1) is 5.41 Å². The fraction of sp³-hybridized carbons (Fsp3) is 0.609. The van der Waals surface area contributed by atoms with Crippen LogP contribution in [0.1, 0.15) is 44.6 Å². The van der Waals surface area contributed by atoms with Crippen molar-refractivity contribution in [2.24, 2.45) is 5.41 Å². The molecule has 34 heavy (non-hydrogen) atoms. The molecule has 5 rings (SSSR count). The lowest BCUT2D eigenvalue weighted by Crippen LogP contribution is -2.45. The molecule has 2 N–H and O–H groups in total. The fourth-order valence-corrected chi connectivity index (χ4v) is 5.64. The van der Waals surface area contributed by atoms with Crippen LogP contribution in [-0.4, -0.2) is 75.8 Å². The van der Waals surface area contributed by atoms with Crippen LogP contribution in [0.15, 0.2) is 24.3 Å². The van der Waals surface area contributed by atoms with Crippen LogP contribution in [-0.2, 0) is 19.1 Å². The first-order chi connectivity index (χ1) is 16.5. The number of methoxy groups -OCH3 is 1. The molecule has 2 aliphatic heterocycles. The molecule has 3 aliphatic rings. The van der Waals surface area contributed by atoms with Gasteiger partial charge in [-0.3, -0.25) is 9.59 Å². The Bertz CT molecular complexity index is 1050. The lowest BCUT2D eigenvalue weighted by atomic mass is 9.79. The van der Waals surface area contributed by atoms with Crippen molar-refractivity contribution in [1.82, 2.24) is 25.5 Å². The Morgan fingerprint density at radius 2 is 2.00 bits per heavy atom. The summed E-state index contributed by atoms with van der Waals surface area (Å²) in [5.41, 5.74) is 0.363. The van der Waals surface area contributed by atoms with Gasteiger partial charge in [-0.25, -0.2) is 4.68 Å². The summed E-state index contributed by atoms with van der Waals surface area (Å²) in [6.45, 7) is 0.673. The van der Waals surface area contributed by atoms with Gasteiger partial charge in [0, 0.05) is 12.0 Å². The highest BCUT2D eigenvalue weighted by molar-refractivity contribution is 5.78. The zero-order valence-corrected chi connectivity index (χ0v) is 19.1. The topological polar surface area (TPSA) is 138 Å². The first-order valence-corrected chi connectivity index (χ1v) is 11.6. The minimum Gasteiger partial charge on any atom is -0.497 e. The van der Waals surface area contributed by atoms with E-state index in [1.807, 2.05) is 24.3 Å². The SMILES string of the molecule is COc1cccc(-c2nnnn2[C@H]2CO[C@H]3[C@@H]2OC[C@@H]3NC(=O)CC2(CC(=O)O)CCCC2)c1. The smallest absolute Gasteiger partial charge is 0.303 e. The molecule has 1 amide bonds. The van der Waals surface area contributed by atoms with E-state index in [9.17, 15) is 14.7 Å². The lowest BCUT2D eigenvalue weighted by Gasteiger charge is -2.27. The molecule has 11 heteroatoms. The standard InChI is InChI=1S/C23H29N5O6/c1-32-15-6-4-5-14(9-15)22-25-26-27-28(22)17-13-34-20-16(12-33-21(17)20)24-18(29)10-23(11-19(30)31)7-2-3-8-23/h4-6,9,16-17,20-21H,2-3,7-8,10-13H2,1H3,(H,24,29)(H,30,31)/t16-,17-,20+,21+/m0/s1. The van der Waals surface area contributed by atoms with Crippen molar-refractivity contribution in [3.63, 3.8) is 0 Å². The highest BCUT2D eigenvalue weighted by atomic mass is 16.6. The number of ether oxygens (including phenoxy) is 3. The van der Waals surface area contributed by atoms with Crippen molar-refractivity contribution in [2.75, 3.05) is 20.3 Å². The summed E-state index contributed by atoms with van der Waals surface area (Å²) in [6, 6.07) is 6.96. The average molecular weight is 472 g/mol. The van der Waals surface area contributed by atoms with Crippen molar-refractivity contribution in [1.29, 1.82) is 0 Å². The Kier molecular flexibility index (Phi) is 6.22. The number of carboxylic acid groups (broad SMARTS) is 1. The molecular weight excluding hydrogens is 442 g/mol. The highest BCUT2D eigenvalue weighted by Crippen LogP contribution is 2.44. The number of rotatable bonds is 8. The van der Waals surface area contributed by atoms with E-state index in [4.69, 9.17) is 14.2 Å². The first kappa shape index (κ1) is 22.7. The van der Waals surface area contributed by atoms with Crippen molar-refractivity contribution < 1.29 is 28.9 Å². The maximum Gasteiger partial charge on any atom is 0.303 e. The molecule has 0 spiro atoms. The summed E-state index contributed by atoms with van der Waals surface area (Å²) in [5, 5.41) is 24.6. The van der Waals surface area contributed by atoms with Crippen molar-refractivity contribution >= 4 is 11.9 Å². The molecule has 4 atom stereocenters. The second-order valence-corrected chi connectivity index (χ2v) is 9.47. The largest absolute Gasteiger partial charge is 0.497 e. The molecule has 3 fully saturated rings. The van der Waals surface area contributed by atoms with Crippen LogP contribution in [0.2, 0.25) is 0 Å². The van der Waals surface area contributed by atoms with E-state index >= 15 is 0 Å². The number of nitrogens with zero attached hydrogens (tertiary/aromatic N) is 4. The number of hydrogen-bond donors (Lipinski definition) is 2. The summed E-state index contributed by atoms with van der Waals surface area (Å²) in [6.07, 6.45) is 3.07. The fourth-order valence-electron chi connectivity index (χ4n) is 5.64. The summed E-state index contributed by atoms with van der Waals surface area (Å²) in [4.78, 5) is 24.2. The van der Waals surface area contributed by atoms with Gasteiger partial charge in [-0.1, -0.05) is 25.0 Å². The van der Waals surface area contributed by atoms with Gasteiger partial charge >= 0.3 is 5.97 Å². The number of aromatic nitrogens is 4. The van der Waals surface area contributed by atoms with Gasteiger partial charge in [-0.15, -0.1) is 5.10 Å². The van der Waals surface area contributed by atoms with E-state index < -0.39 is 11.4 Å². The van der Waals surface area contributed by atoms with Gasteiger partial charge in [0.2, 0.25) is 5.91 Å². The number of amides is 1. The molecule has 1 saturated carbocycles. The number of tetrazole rings is 1. The summed E-state index contributed by atoms with van der Waals surface area (Å²) >= 11 is 0. The zero-order chi connectivity index (χ0) is 23.7. The first-order valence-electron chi connectivity index (χ1n) is 11.6. The Morgan fingerprint density at radius 3 is 2.76 bits per heavy atom. The number of carboxylic acids is 1. The van der Waals surface area contributed by atoms with Gasteiger partial charge in [0.25, 0.3) is 0 Å². The molecule has 1 aromatic heterocycles. The van der Waals surface area contributed by atoms with Gasteiger partial charge in [0.05, 0.1) is 32.8 Å². The minimum atomic E-state index is -0.853. The van der Waals surface area contributed by atoms with E-state index in [1.54, 1.807) is 11.8 Å². The van der Waals surface area contributed by atoms with Gasteiger partial charge in [0.15, 0.2) is 5.82 Å². The molecular formula is C23H29N5O6. The van der Waals surface area contributed by atoms with Gasteiger partial charge < -0.3 is 24.6 Å². The van der Waals surface area contributed by atoms with Crippen LogP contribution in [0.4, 0.5) is 0 Å². The van der Waals surface area contributed by atoms with Crippen molar-refractivity contribution in [2.45, 2.75) is 62.8 Å². The summed E-state index contributed by atoms with van der Waals surface area (Å²) in [7, 11) is 1.61. The van der Waals surface area contributed by atoms with Crippen LogP contribution >= 0.6 is 0 Å². The highest BCUT2D eigenvalue weighted by Gasteiger charge is 2.50.